The molecule has 1 atom stereocenters. The van der Waals surface area contributed by atoms with Gasteiger partial charge >= 0.3 is 0 Å². The van der Waals surface area contributed by atoms with Gasteiger partial charge in [0.2, 0.25) is 0 Å². The van der Waals surface area contributed by atoms with Crippen molar-refractivity contribution in [2.45, 2.75) is 32.3 Å². The summed E-state index contributed by atoms with van der Waals surface area (Å²) in [6.45, 7) is 2.51. The number of fused-ring (bicyclic) bond motifs is 1. The van der Waals surface area contributed by atoms with Gasteiger partial charge in [-0.05, 0) is 30.9 Å². The highest BCUT2D eigenvalue weighted by molar-refractivity contribution is 5.95. The molecule has 3 rings (SSSR count). The molecule has 1 aromatic heterocycles. The number of rotatable bonds is 4. The first-order valence-corrected chi connectivity index (χ1v) is 7.33. The Morgan fingerprint density at radius 2 is 2.33 bits per heavy atom. The molecule has 2 heterocycles. The van der Waals surface area contributed by atoms with Gasteiger partial charge in [-0.2, -0.15) is 5.10 Å². The maximum atomic E-state index is 12.1. The SMILES string of the molecule is CCc1[nH]ncc1C(=O)NC[C@H]1CCc2ccccc2O1. The number of para-hydroxylation sites is 1. The number of H-pyrrole nitrogens is 1. The fourth-order valence-electron chi connectivity index (χ4n) is 2.60. The van der Waals surface area contributed by atoms with Gasteiger partial charge in [0.25, 0.3) is 5.91 Å². The third kappa shape index (κ3) is 2.91. The minimum absolute atomic E-state index is 0.0285. The minimum Gasteiger partial charge on any atom is -0.488 e. The number of carbonyl (C=O) groups excluding carboxylic acids is 1. The van der Waals surface area contributed by atoms with E-state index in [-0.39, 0.29) is 12.0 Å². The Labute approximate surface area is 123 Å². The molecule has 0 bridgehead atoms. The number of ether oxygens (including phenoxy) is 1. The molecule has 1 aromatic carbocycles. The average Bonchev–Trinajstić information content (AvgIpc) is 3.01. The summed E-state index contributed by atoms with van der Waals surface area (Å²) in [5, 5.41) is 9.70. The summed E-state index contributed by atoms with van der Waals surface area (Å²) >= 11 is 0. The van der Waals surface area contributed by atoms with Crippen LogP contribution in [-0.4, -0.2) is 28.8 Å². The molecular weight excluding hydrogens is 266 g/mol. The molecule has 0 spiro atoms. The molecule has 110 valence electrons. The van der Waals surface area contributed by atoms with Crippen LogP contribution in [0.25, 0.3) is 0 Å². The monoisotopic (exact) mass is 285 g/mol. The quantitative estimate of drug-likeness (QED) is 0.904. The van der Waals surface area contributed by atoms with Crippen molar-refractivity contribution in [2.75, 3.05) is 6.54 Å². The highest BCUT2D eigenvalue weighted by atomic mass is 16.5. The first-order valence-electron chi connectivity index (χ1n) is 7.33. The number of hydrogen-bond acceptors (Lipinski definition) is 3. The lowest BCUT2D eigenvalue weighted by Crippen LogP contribution is -2.37. The van der Waals surface area contributed by atoms with E-state index in [2.05, 4.69) is 21.6 Å². The standard InChI is InChI=1S/C16H19N3O2/c1-2-14-13(10-18-19-14)16(20)17-9-12-8-7-11-5-3-4-6-15(11)21-12/h3-6,10,12H,2,7-9H2,1H3,(H,17,20)(H,18,19)/t12-/m1/s1. The number of aromatic amines is 1. The van der Waals surface area contributed by atoms with E-state index in [4.69, 9.17) is 4.74 Å². The van der Waals surface area contributed by atoms with Crippen molar-refractivity contribution in [1.82, 2.24) is 15.5 Å². The lowest BCUT2D eigenvalue weighted by atomic mass is 10.0. The summed E-state index contributed by atoms with van der Waals surface area (Å²) in [4.78, 5) is 12.1. The lowest BCUT2D eigenvalue weighted by Gasteiger charge is -2.26. The maximum Gasteiger partial charge on any atom is 0.254 e. The second kappa shape index (κ2) is 5.99. The van der Waals surface area contributed by atoms with Gasteiger partial charge in [-0.3, -0.25) is 9.89 Å². The summed E-state index contributed by atoms with van der Waals surface area (Å²) in [5.41, 5.74) is 2.72. The second-order valence-electron chi connectivity index (χ2n) is 5.21. The molecular formula is C16H19N3O2. The molecule has 2 N–H and O–H groups in total. The van der Waals surface area contributed by atoms with Crippen LogP contribution in [0, 0.1) is 0 Å². The molecule has 1 aliphatic rings. The van der Waals surface area contributed by atoms with E-state index < -0.39 is 0 Å². The number of amides is 1. The van der Waals surface area contributed by atoms with E-state index in [1.807, 2.05) is 25.1 Å². The third-order valence-electron chi connectivity index (χ3n) is 3.81. The van der Waals surface area contributed by atoms with E-state index in [0.29, 0.717) is 12.1 Å². The molecule has 0 saturated heterocycles. The van der Waals surface area contributed by atoms with Crippen LogP contribution in [0.5, 0.6) is 5.75 Å². The molecule has 0 saturated carbocycles. The zero-order valence-electron chi connectivity index (χ0n) is 12.1. The smallest absolute Gasteiger partial charge is 0.254 e. The van der Waals surface area contributed by atoms with Gasteiger partial charge in [-0.25, -0.2) is 0 Å². The van der Waals surface area contributed by atoms with Crippen molar-refractivity contribution in [1.29, 1.82) is 0 Å². The molecule has 2 aromatic rings. The third-order valence-corrected chi connectivity index (χ3v) is 3.81. The van der Waals surface area contributed by atoms with Crippen LogP contribution in [0.1, 0.15) is 35.0 Å². The molecule has 0 fully saturated rings. The van der Waals surface area contributed by atoms with Gasteiger partial charge < -0.3 is 10.1 Å². The predicted octanol–water partition coefficient (Wildman–Crippen LogP) is 2.10. The zero-order chi connectivity index (χ0) is 14.7. The van der Waals surface area contributed by atoms with Crippen LogP contribution in [0.15, 0.2) is 30.5 Å². The van der Waals surface area contributed by atoms with Crippen molar-refractivity contribution in [3.63, 3.8) is 0 Å². The van der Waals surface area contributed by atoms with E-state index in [9.17, 15) is 4.79 Å². The molecule has 0 unspecified atom stereocenters. The van der Waals surface area contributed by atoms with Gasteiger partial charge in [0.15, 0.2) is 0 Å². The summed E-state index contributed by atoms with van der Waals surface area (Å²) < 4.78 is 5.92. The summed E-state index contributed by atoms with van der Waals surface area (Å²) in [6.07, 6.45) is 4.27. The molecule has 1 aliphatic heterocycles. The number of carbonyl (C=O) groups is 1. The first-order chi connectivity index (χ1) is 10.3. The Hall–Kier alpha value is -2.30. The predicted molar refractivity (Wildman–Crippen MR) is 79.5 cm³/mol. The molecule has 21 heavy (non-hydrogen) atoms. The van der Waals surface area contributed by atoms with E-state index >= 15 is 0 Å². The first kappa shape index (κ1) is 13.7. The summed E-state index contributed by atoms with van der Waals surface area (Å²) in [6, 6.07) is 8.06. The van der Waals surface area contributed by atoms with Crippen LogP contribution in [0.2, 0.25) is 0 Å². The maximum absolute atomic E-state index is 12.1. The lowest BCUT2D eigenvalue weighted by molar-refractivity contribution is 0.0917. The van der Waals surface area contributed by atoms with Crippen molar-refractivity contribution < 1.29 is 9.53 Å². The molecule has 5 nitrogen and oxygen atoms in total. The van der Waals surface area contributed by atoms with Crippen LogP contribution in [0.3, 0.4) is 0 Å². The number of aryl methyl sites for hydroxylation is 2. The van der Waals surface area contributed by atoms with Crippen LogP contribution >= 0.6 is 0 Å². The Balaban J connectivity index is 1.58. The highest BCUT2D eigenvalue weighted by Gasteiger charge is 2.20. The van der Waals surface area contributed by atoms with E-state index in [1.54, 1.807) is 6.20 Å². The van der Waals surface area contributed by atoms with Gasteiger partial charge in [0.05, 0.1) is 18.3 Å². The van der Waals surface area contributed by atoms with Gasteiger partial charge in [-0.15, -0.1) is 0 Å². The fraction of sp³-hybridized carbons (Fsp3) is 0.375. The topological polar surface area (TPSA) is 67.0 Å². The van der Waals surface area contributed by atoms with Gasteiger partial charge in [-0.1, -0.05) is 25.1 Å². The largest absolute Gasteiger partial charge is 0.488 e. The average molecular weight is 285 g/mol. The summed E-state index contributed by atoms with van der Waals surface area (Å²) in [5.74, 6) is 0.837. The van der Waals surface area contributed by atoms with Crippen LogP contribution < -0.4 is 10.1 Å². The molecule has 1 amide bonds. The number of aromatic nitrogens is 2. The van der Waals surface area contributed by atoms with E-state index in [0.717, 1.165) is 30.7 Å². The van der Waals surface area contributed by atoms with Gasteiger partial charge in [0.1, 0.15) is 11.9 Å². The fourth-order valence-corrected chi connectivity index (χ4v) is 2.60. The number of nitrogens with one attached hydrogen (secondary N) is 2. The molecule has 0 aliphatic carbocycles. The Morgan fingerprint density at radius 3 is 3.19 bits per heavy atom. The Morgan fingerprint density at radius 1 is 1.48 bits per heavy atom. The normalized spacial score (nSPS) is 16.9. The Kier molecular flexibility index (Phi) is 3.90. The van der Waals surface area contributed by atoms with E-state index in [1.165, 1.54) is 5.56 Å². The van der Waals surface area contributed by atoms with Gasteiger partial charge in [0, 0.05) is 5.69 Å². The van der Waals surface area contributed by atoms with Crippen LogP contribution in [0.4, 0.5) is 0 Å². The minimum atomic E-state index is -0.0944. The van der Waals surface area contributed by atoms with Crippen LogP contribution in [-0.2, 0) is 12.8 Å². The molecule has 0 radical (unpaired) electrons. The Bertz CT molecular complexity index is 636. The number of hydrogen-bond donors (Lipinski definition) is 2. The molecule has 5 heteroatoms. The second-order valence-corrected chi connectivity index (χ2v) is 5.21. The van der Waals surface area contributed by atoms with Crippen molar-refractivity contribution in [3.8, 4) is 5.75 Å². The van der Waals surface area contributed by atoms with Crippen molar-refractivity contribution >= 4 is 5.91 Å². The van der Waals surface area contributed by atoms with Crippen molar-refractivity contribution in [3.05, 3.63) is 47.3 Å². The van der Waals surface area contributed by atoms with Crippen molar-refractivity contribution in [2.24, 2.45) is 0 Å². The summed E-state index contributed by atoms with van der Waals surface area (Å²) in [7, 11) is 0. The number of nitrogens with zero attached hydrogens (tertiary/aromatic N) is 1. The number of benzene rings is 1. The zero-order valence-corrected chi connectivity index (χ0v) is 12.1. The highest BCUT2D eigenvalue weighted by Crippen LogP contribution is 2.26.